The first-order valence-corrected chi connectivity index (χ1v) is 8.79. The van der Waals surface area contributed by atoms with Gasteiger partial charge in [0.15, 0.2) is 0 Å². The zero-order chi connectivity index (χ0) is 14.5. The van der Waals surface area contributed by atoms with E-state index in [2.05, 4.69) is 36.5 Å². The molecular weight excluding hydrogens is 258 g/mol. The van der Waals surface area contributed by atoms with Crippen LogP contribution in [0.25, 0.3) is 0 Å². The number of rotatable bonds is 6. The quantitative estimate of drug-likeness (QED) is 0.844. The molecule has 0 bridgehead atoms. The van der Waals surface area contributed by atoms with Gasteiger partial charge in [0.2, 0.25) is 0 Å². The van der Waals surface area contributed by atoms with E-state index >= 15 is 0 Å². The summed E-state index contributed by atoms with van der Waals surface area (Å²) in [4.78, 5) is 0. The van der Waals surface area contributed by atoms with Crippen LogP contribution in [-0.2, 0) is 11.2 Å². The zero-order valence-corrected chi connectivity index (χ0v) is 13.3. The molecule has 3 rings (SSSR count). The molecule has 0 spiro atoms. The number of nitrogens with one attached hydrogen (secondary N) is 1. The second kappa shape index (κ2) is 7.42. The van der Waals surface area contributed by atoms with E-state index in [4.69, 9.17) is 4.74 Å². The van der Waals surface area contributed by atoms with Crippen molar-refractivity contribution < 1.29 is 4.74 Å². The molecule has 1 fully saturated rings. The highest BCUT2D eigenvalue weighted by molar-refractivity contribution is 5.31. The Hall–Kier alpha value is -0.860. The Bertz CT molecular complexity index is 439. The molecule has 0 aromatic heterocycles. The standard InChI is InChI=1S/C19H29NO/c1-2-20-17(13-15-7-3-4-8-15)14-19-18-10-6-5-9-16(18)11-12-21-19/h5-6,9-10,15,17,19-20H,2-4,7-8,11-14H2,1H3. The van der Waals surface area contributed by atoms with Gasteiger partial charge in [0.1, 0.15) is 0 Å². The summed E-state index contributed by atoms with van der Waals surface area (Å²) in [5.41, 5.74) is 2.92. The molecular formula is C19H29NO. The third-order valence-electron chi connectivity index (χ3n) is 5.18. The molecule has 2 unspecified atom stereocenters. The van der Waals surface area contributed by atoms with E-state index in [0.717, 1.165) is 31.9 Å². The molecule has 1 heterocycles. The summed E-state index contributed by atoms with van der Waals surface area (Å²) in [5, 5.41) is 3.71. The van der Waals surface area contributed by atoms with Crippen molar-refractivity contribution in [2.75, 3.05) is 13.2 Å². The molecule has 2 heteroatoms. The Balaban J connectivity index is 1.65. The fourth-order valence-electron chi connectivity index (χ4n) is 4.13. The average molecular weight is 287 g/mol. The lowest BCUT2D eigenvalue weighted by Crippen LogP contribution is -2.34. The molecule has 2 atom stereocenters. The van der Waals surface area contributed by atoms with Crippen LogP contribution in [0.5, 0.6) is 0 Å². The van der Waals surface area contributed by atoms with Crippen LogP contribution in [-0.4, -0.2) is 19.2 Å². The highest BCUT2D eigenvalue weighted by Crippen LogP contribution is 2.34. The number of hydrogen-bond donors (Lipinski definition) is 1. The summed E-state index contributed by atoms with van der Waals surface area (Å²) in [6, 6.07) is 9.44. The summed E-state index contributed by atoms with van der Waals surface area (Å²) in [6.45, 7) is 4.16. The third kappa shape index (κ3) is 3.87. The monoisotopic (exact) mass is 287 g/mol. The molecule has 1 aliphatic heterocycles. The van der Waals surface area contributed by atoms with Gasteiger partial charge in [-0.2, -0.15) is 0 Å². The lowest BCUT2D eigenvalue weighted by Gasteiger charge is -2.30. The summed E-state index contributed by atoms with van der Waals surface area (Å²) in [6.07, 6.45) is 9.56. The minimum Gasteiger partial charge on any atom is -0.373 e. The highest BCUT2D eigenvalue weighted by Gasteiger charge is 2.26. The fraction of sp³-hybridized carbons (Fsp3) is 0.684. The second-order valence-corrected chi connectivity index (χ2v) is 6.68. The van der Waals surface area contributed by atoms with Crippen molar-refractivity contribution in [2.45, 2.75) is 64.0 Å². The number of benzene rings is 1. The van der Waals surface area contributed by atoms with Gasteiger partial charge in [-0.3, -0.25) is 0 Å². The smallest absolute Gasteiger partial charge is 0.0842 e. The minimum absolute atomic E-state index is 0.292. The molecule has 1 N–H and O–H groups in total. The molecule has 1 aliphatic carbocycles. The van der Waals surface area contributed by atoms with E-state index in [9.17, 15) is 0 Å². The van der Waals surface area contributed by atoms with Crippen LogP contribution in [0.15, 0.2) is 24.3 Å². The summed E-state index contributed by atoms with van der Waals surface area (Å²) < 4.78 is 6.11. The predicted octanol–water partition coefficient (Wildman–Crippen LogP) is 4.25. The maximum atomic E-state index is 6.11. The normalized spacial score (nSPS) is 24.0. The zero-order valence-electron chi connectivity index (χ0n) is 13.3. The Labute approximate surface area is 129 Å². The van der Waals surface area contributed by atoms with Crippen molar-refractivity contribution in [3.63, 3.8) is 0 Å². The predicted molar refractivity (Wildman–Crippen MR) is 87.5 cm³/mol. The maximum Gasteiger partial charge on any atom is 0.0842 e. The van der Waals surface area contributed by atoms with Gasteiger partial charge in [0, 0.05) is 6.04 Å². The van der Waals surface area contributed by atoms with Crippen LogP contribution in [0, 0.1) is 5.92 Å². The SMILES string of the molecule is CCNC(CC1CCCC1)CC1OCCc2ccccc21. The Kier molecular flexibility index (Phi) is 5.32. The van der Waals surface area contributed by atoms with Gasteiger partial charge in [-0.15, -0.1) is 0 Å². The third-order valence-corrected chi connectivity index (χ3v) is 5.18. The molecule has 0 saturated heterocycles. The van der Waals surface area contributed by atoms with E-state index in [1.807, 2.05) is 0 Å². The van der Waals surface area contributed by atoms with Gasteiger partial charge < -0.3 is 10.1 Å². The van der Waals surface area contributed by atoms with Crippen LogP contribution in [0.2, 0.25) is 0 Å². The number of ether oxygens (including phenoxy) is 1. The first-order valence-electron chi connectivity index (χ1n) is 8.79. The van der Waals surface area contributed by atoms with Crippen LogP contribution < -0.4 is 5.32 Å². The van der Waals surface area contributed by atoms with E-state index < -0.39 is 0 Å². The van der Waals surface area contributed by atoms with E-state index in [1.54, 1.807) is 0 Å². The molecule has 1 aromatic rings. The van der Waals surface area contributed by atoms with Gasteiger partial charge in [0.25, 0.3) is 0 Å². The summed E-state index contributed by atoms with van der Waals surface area (Å²) in [7, 11) is 0. The molecule has 0 amide bonds. The first-order chi connectivity index (χ1) is 10.4. The van der Waals surface area contributed by atoms with Crippen molar-refractivity contribution >= 4 is 0 Å². The van der Waals surface area contributed by atoms with Gasteiger partial charge in [-0.1, -0.05) is 56.9 Å². The Morgan fingerprint density at radius 1 is 1.19 bits per heavy atom. The van der Waals surface area contributed by atoms with E-state index in [0.29, 0.717) is 12.1 Å². The van der Waals surface area contributed by atoms with Crippen molar-refractivity contribution in [2.24, 2.45) is 5.92 Å². The van der Waals surface area contributed by atoms with E-state index in [1.165, 1.54) is 43.2 Å². The van der Waals surface area contributed by atoms with Gasteiger partial charge in [0.05, 0.1) is 12.7 Å². The average Bonchev–Trinajstić information content (AvgIpc) is 3.01. The number of hydrogen-bond acceptors (Lipinski definition) is 2. The van der Waals surface area contributed by atoms with Crippen LogP contribution in [0.1, 0.15) is 62.7 Å². The second-order valence-electron chi connectivity index (χ2n) is 6.68. The van der Waals surface area contributed by atoms with Gasteiger partial charge in [-0.25, -0.2) is 0 Å². The largest absolute Gasteiger partial charge is 0.373 e. The van der Waals surface area contributed by atoms with Crippen molar-refractivity contribution in [1.29, 1.82) is 0 Å². The van der Waals surface area contributed by atoms with Crippen molar-refractivity contribution in [3.8, 4) is 0 Å². The fourth-order valence-corrected chi connectivity index (χ4v) is 4.13. The summed E-state index contributed by atoms with van der Waals surface area (Å²) >= 11 is 0. The van der Waals surface area contributed by atoms with Crippen molar-refractivity contribution in [1.82, 2.24) is 5.32 Å². The van der Waals surface area contributed by atoms with Crippen molar-refractivity contribution in [3.05, 3.63) is 35.4 Å². The topological polar surface area (TPSA) is 21.3 Å². The van der Waals surface area contributed by atoms with E-state index in [-0.39, 0.29) is 0 Å². The number of fused-ring (bicyclic) bond motifs is 1. The van der Waals surface area contributed by atoms with Crippen LogP contribution >= 0.6 is 0 Å². The maximum absolute atomic E-state index is 6.11. The van der Waals surface area contributed by atoms with Gasteiger partial charge >= 0.3 is 0 Å². The minimum atomic E-state index is 0.292. The molecule has 116 valence electrons. The first kappa shape index (κ1) is 15.1. The lowest BCUT2D eigenvalue weighted by molar-refractivity contribution is 0.0277. The molecule has 2 nitrogen and oxygen atoms in total. The highest BCUT2D eigenvalue weighted by atomic mass is 16.5. The van der Waals surface area contributed by atoms with Gasteiger partial charge in [-0.05, 0) is 42.9 Å². The molecule has 2 aliphatic rings. The molecule has 1 saturated carbocycles. The molecule has 21 heavy (non-hydrogen) atoms. The Morgan fingerprint density at radius 3 is 2.81 bits per heavy atom. The van der Waals surface area contributed by atoms with Crippen LogP contribution in [0.4, 0.5) is 0 Å². The van der Waals surface area contributed by atoms with Crippen LogP contribution in [0.3, 0.4) is 0 Å². The molecule has 0 radical (unpaired) electrons. The summed E-state index contributed by atoms with van der Waals surface area (Å²) in [5.74, 6) is 0.938. The lowest BCUT2D eigenvalue weighted by atomic mass is 9.89. The molecule has 1 aromatic carbocycles. The Morgan fingerprint density at radius 2 is 2.00 bits per heavy atom.